The van der Waals surface area contributed by atoms with Gasteiger partial charge >= 0.3 is 0 Å². The lowest BCUT2D eigenvalue weighted by Gasteiger charge is -2.10. The van der Waals surface area contributed by atoms with Crippen LogP contribution in [-0.2, 0) is 6.54 Å². The van der Waals surface area contributed by atoms with Crippen molar-refractivity contribution in [2.24, 2.45) is 0 Å². The molecule has 0 spiro atoms. The monoisotopic (exact) mass is 290 g/mol. The van der Waals surface area contributed by atoms with Gasteiger partial charge < -0.3 is 14.8 Å². The summed E-state index contributed by atoms with van der Waals surface area (Å²) in [5.74, 6) is 1.18. The Kier molecular flexibility index (Phi) is 5.08. The number of nitro groups is 1. The molecule has 2 rings (SSSR count). The van der Waals surface area contributed by atoms with E-state index in [1.165, 1.54) is 6.07 Å². The van der Waals surface area contributed by atoms with Gasteiger partial charge in [-0.3, -0.25) is 10.1 Å². The van der Waals surface area contributed by atoms with Crippen molar-refractivity contribution in [1.29, 1.82) is 0 Å². The van der Waals surface area contributed by atoms with Crippen molar-refractivity contribution in [3.8, 4) is 11.3 Å². The third kappa shape index (κ3) is 3.90. The van der Waals surface area contributed by atoms with Gasteiger partial charge in [-0.05, 0) is 31.5 Å². The lowest BCUT2D eigenvalue weighted by Crippen LogP contribution is -2.26. The van der Waals surface area contributed by atoms with Crippen molar-refractivity contribution in [2.45, 2.75) is 25.9 Å². The van der Waals surface area contributed by atoms with E-state index in [2.05, 4.69) is 5.32 Å². The number of furan rings is 1. The number of nitrogens with one attached hydrogen (secondary N) is 1. The first kappa shape index (κ1) is 15.2. The Morgan fingerprint density at radius 2 is 2.10 bits per heavy atom. The van der Waals surface area contributed by atoms with Gasteiger partial charge in [0.1, 0.15) is 11.5 Å². The van der Waals surface area contributed by atoms with Crippen LogP contribution in [-0.4, -0.2) is 22.7 Å². The van der Waals surface area contributed by atoms with Crippen molar-refractivity contribution in [1.82, 2.24) is 5.32 Å². The highest BCUT2D eigenvalue weighted by molar-refractivity contribution is 5.69. The Bertz CT molecular complexity index is 609. The summed E-state index contributed by atoms with van der Waals surface area (Å²) in [6.45, 7) is 2.62. The molecule has 1 aromatic carbocycles. The van der Waals surface area contributed by atoms with Gasteiger partial charge in [0.05, 0.1) is 17.0 Å². The smallest absolute Gasteiger partial charge is 0.280 e. The second-order valence-electron chi connectivity index (χ2n) is 4.83. The number of nitro benzene ring substituents is 1. The molecule has 6 heteroatoms. The fourth-order valence-corrected chi connectivity index (χ4v) is 2.03. The lowest BCUT2D eigenvalue weighted by atomic mass is 10.1. The van der Waals surface area contributed by atoms with Crippen molar-refractivity contribution in [2.75, 3.05) is 6.61 Å². The number of hydrogen-bond acceptors (Lipinski definition) is 5. The van der Waals surface area contributed by atoms with Crippen molar-refractivity contribution < 1.29 is 14.4 Å². The maximum atomic E-state index is 11.0. The number of aliphatic hydroxyl groups is 1. The molecule has 0 saturated carbocycles. The molecule has 0 aliphatic rings. The summed E-state index contributed by atoms with van der Waals surface area (Å²) >= 11 is 0. The first-order valence-corrected chi connectivity index (χ1v) is 6.78. The maximum absolute atomic E-state index is 11.0. The van der Waals surface area contributed by atoms with Gasteiger partial charge in [-0.1, -0.05) is 12.1 Å². The van der Waals surface area contributed by atoms with Crippen LogP contribution in [0.25, 0.3) is 11.3 Å². The number of aliphatic hydroxyl groups excluding tert-OH is 1. The quantitative estimate of drug-likeness (QED) is 0.604. The maximum Gasteiger partial charge on any atom is 0.280 e. The summed E-state index contributed by atoms with van der Waals surface area (Å²) < 4.78 is 5.66. The molecule has 1 aromatic heterocycles. The van der Waals surface area contributed by atoms with Crippen LogP contribution in [0.3, 0.4) is 0 Å². The Balaban J connectivity index is 2.11. The molecule has 2 aromatic rings. The number of rotatable bonds is 7. The van der Waals surface area contributed by atoms with Crippen molar-refractivity contribution >= 4 is 5.69 Å². The standard InChI is InChI=1S/C15H18N2O4/c1-11(8-9-18)16-10-12-6-7-15(21-12)13-4-2-3-5-14(13)17(19)20/h2-7,11,16,18H,8-10H2,1H3. The predicted octanol–water partition coefficient (Wildman–Crippen LogP) is 2.72. The van der Waals surface area contributed by atoms with E-state index in [4.69, 9.17) is 9.52 Å². The Morgan fingerprint density at radius 1 is 1.33 bits per heavy atom. The molecule has 6 nitrogen and oxygen atoms in total. The van der Waals surface area contributed by atoms with Gasteiger partial charge in [-0.15, -0.1) is 0 Å². The molecule has 21 heavy (non-hydrogen) atoms. The van der Waals surface area contributed by atoms with Gasteiger partial charge in [-0.25, -0.2) is 0 Å². The van der Waals surface area contributed by atoms with E-state index in [1.54, 1.807) is 30.3 Å². The van der Waals surface area contributed by atoms with Gasteiger partial charge in [0.25, 0.3) is 5.69 Å². The molecular weight excluding hydrogens is 272 g/mol. The van der Waals surface area contributed by atoms with Gasteiger partial charge in [-0.2, -0.15) is 0 Å². The average molecular weight is 290 g/mol. The summed E-state index contributed by atoms with van der Waals surface area (Å²) in [7, 11) is 0. The molecule has 1 unspecified atom stereocenters. The van der Waals surface area contributed by atoms with E-state index in [0.717, 1.165) is 0 Å². The molecular formula is C15H18N2O4. The number of nitrogens with zero attached hydrogens (tertiary/aromatic N) is 1. The highest BCUT2D eigenvalue weighted by Crippen LogP contribution is 2.30. The lowest BCUT2D eigenvalue weighted by molar-refractivity contribution is -0.384. The van der Waals surface area contributed by atoms with Crippen LogP contribution in [0.15, 0.2) is 40.8 Å². The minimum Gasteiger partial charge on any atom is -0.459 e. The zero-order valence-electron chi connectivity index (χ0n) is 11.8. The molecule has 0 bridgehead atoms. The van der Waals surface area contributed by atoms with E-state index >= 15 is 0 Å². The molecule has 0 aliphatic heterocycles. The summed E-state index contributed by atoms with van der Waals surface area (Å²) in [6.07, 6.45) is 0.664. The second-order valence-corrected chi connectivity index (χ2v) is 4.83. The summed E-state index contributed by atoms with van der Waals surface area (Å²) in [5.41, 5.74) is 0.497. The molecule has 0 saturated heterocycles. The SMILES string of the molecule is CC(CCO)NCc1ccc(-c2ccccc2[N+](=O)[O-])o1. The predicted molar refractivity (Wildman–Crippen MR) is 78.8 cm³/mol. The van der Waals surface area contributed by atoms with Crippen LogP contribution in [0.1, 0.15) is 19.1 Å². The van der Waals surface area contributed by atoms with Crippen LogP contribution in [0.2, 0.25) is 0 Å². The topological polar surface area (TPSA) is 88.5 Å². The molecule has 0 aliphatic carbocycles. The Labute approximate surface area is 122 Å². The van der Waals surface area contributed by atoms with Crippen LogP contribution < -0.4 is 5.32 Å². The van der Waals surface area contributed by atoms with E-state index < -0.39 is 4.92 Å². The number of para-hydroxylation sites is 1. The third-order valence-corrected chi connectivity index (χ3v) is 3.21. The van der Waals surface area contributed by atoms with Gasteiger partial charge in [0.15, 0.2) is 0 Å². The molecule has 1 atom stereocenters. The van der Waals surface area contributed by atoms with E-state index in [1.807, 2.05) is 6.92 Å². The highest BCUT2D eigenvalue weighted by Gasteiger charge is 2.17. The average Bonchev–Trinajstić information content (AvgIpc) is 2.94. The zero-order chi connectivity index (χ0) is 15.2. The Hall–Kier alpha value is -2.18. The van der Waals surface area contributed by atoms with Gasteiger partial charge in [0.2, 0.25) is 0 Å². The van der Waals surface area contributed by atoms with Crippen LogP contribution in [0.5, 0.6) is 0 Å². The largest absolute Gasteiger partial charge is 0.459 e. The number of hydrogen-bond donors (Lipinski definition) is 2. The molecule has 112 valence electrons. The van der Waals surface area contributed by atoms with E-state index in [0.29, 0.717) is 30.0 Å². The van der Waals surface area contributed by atoms with Crippen LogP contribution in [0.4, 0.5) is 5.69 Å². The molecule has 0 fully saturated rings. The Morgan fingerprint density at radius 3 is 2.81 bits per heavy atom. The molecule has 0 amide bonds. The first-order chi connectivity index (χ1) is 10.1. The van der Waals surface area contributed by atoms with Crippen LogP contribution in [0, 0.1) is 10.1 Å². The van der Waals surface area contributed by atoms with Crippen molar-refractivity contribution in [3.05, 3.63) is 52.3 Å². The second kappa shape index (κ2) is 7.01. The number of benzene rings is 1. The van der Waals surface area contributed by atoms with Crippen molar-refractivity contribution in [3.63, 3.8) is 0 Å². The zero-order valence-corrected chi connectivity index (χ0v) is 11.8. The molecule has 0 radical (unpaired) electrons. The fourth-order valence-electron chi connectivity index (χ4n) is 2.03. The highest BCUT2D eigenvalue weighted by atomic mass is 16.6. The van der Waals surface area contributed by atoms with Gasteiger partial charge in [0, 0.05) is 18.7 Å². The van der Waals surface area contributed by atoms with Crippen LogP contribution >= 0.6 is 0 Å². The fraction of sp³-hybridized carbons (Fsp3) is 0.333. The van der Waals surface area contributed by atoms with E-state index in [9.17, 15) is 10.1 Å². The van der Waals surface area contributed by atoms with E-state index in [-0.39, 0.29) is 18.3 Å². The third-order valence-electron chi connectivity index (χ3n) is 3.21. The summed E-state index contributed by atoms with van der Waals surface area (Å²) in [4.78, 5) is 10.6. The first-order valence-electron chi connectivity index (χ1n) is 6.78. The normalized spacial score (nSPS) is 12.3. The minimum atomic E-state index is -0.418. The molecule has 2 N–H and O–H groups in total. The molecule has 1 heterocycles. The summed E-state index contributed by atoms with van der Waals surface area (Å²) in [6, 6.07) is 10.2. The minimum absolute atomic E-state index is 0.0278. The summed E-state index contributed by atoms with van der Waals surface area (Å²) in [5, 5.41) is 23.1.